The molecule has 1 heterocycles. The molecule has 4 N–H and O–H groups in total. The van der Waals surface area contributed by atoms with Crippen LogP contribution in [0.3, 0.4) is 0 Å². The Balaban J connectivity index is 2.88. The summed E-state index contributed by atoms with van der Waals surface area (Å²) in [6, 6.07) is 5.11. The van der Waals surface area contributed by atoms with Crippen LogP contribution in [-0.2, 0) is 0 Å². The minimum Gasteiger partial charge on any atom is -0.508 e. The van der Waals surface area contributed by atoms with Crippen molar-refractivity contribution in [2.75, 3.05) is 5.73 Å². The van der Waals surface area contributed by atoms with Crippen molar-refractivity contribution >= 4 is 16.6 Å². The van der Waals surface area contributed by atoms with Gasteiger partial charge in [-0.3, -0.25) is 0 Å². The van der Waals surface area contributed by atoms with Crippen molar-refractivity contribution in [2.24, 2.45) is 0 Å². The van der Waals surface area contributed by atoms with Gasteiger partial charge < -0.3 is 15.8 Å². The Kier molecular flexibility index (Phi) is 1.27. The van der Waals surface area contributed by atoms with E-state index >= 15 is 0 Å². The maximum atomic E-state index is 9.19. The molecule has 12 heavy (non-hydrogen) atoms. The van der Waals surface area contributed by atoms with Gasteiger partial charge in [0, 0.05) is 16.6 Å². The Morgan fingerprint density at radius 3 is 2.92 bits per heavy atom. The molecule has 3 nitrogen and oxygen atoms in total. The monoisotopic (exact) mass is 162 g/mol. The first kappa shape index (κ1) is 7.03. The molecule has 0 aliphatic carbocycles. The molecule has 0 aliphatic heterocycles. The quantitative estimate of drug-likeness (QED) is 0.552. The average molecular weight is 162 g/mol. The summed E-state index contributed by atoms with van der Waals surface area (Å²) in [6.07, 6.45) is 0. The number of aromatic hydroxyl groups is 1. The molecule has 1 aromatic heterocycles. The van der Waals surface area contributed by atoms with Gasteiger partial charge in [0.15, 0.2) is 0 Å². The van der Waals surface area contributed by atoms with Gasteiger partial charge in [-0.15, -0.1) is 0 Å². The number of rotatable bonds is 0. The smallest absolute Gasteiger partial charge is 0.116 e. The van der Waals surface area contributed by atoms with Gasteiger partial charge >= 0.3 is 0 Å². The highest BCUT2D eigenvalue weighted by Crippen LogP contribution is 2.27. The number of aromatic nitrogens is 1. The number of benzene rings is 1. The maximum absolute atomic E-state index is 9.19. The van der Waals surface area contributed by atoms with Crippen LogP contribution in [0, 0.1) is 6.92 Å². The lowest BCUT2D eigenvalue weighted by Gasteiger charge is -1.92. The Morgan fingerprint density at radius 1 is 1.42 bits per heavy atom. The molecule has 3 heteroatoms. The minimum absolute atomic E-state index is 0.244. The van der Waals surface area contributed by atoms with E-state index in [9.17, 15) is 5.11 Å². The van der Waals surface area contributed by atoms with Crippen molar-refractivity contribution in [1.29, 1.82) is 0 Å². The maximum Gasteiger partial charge on any atom is 0.116 e. The number of hydrogen-bond acceptors (Lipinski definition) is 2. The fourth-order valence-corrected chi connectivity index (χ4v) is 1.34. The lowest BCUT2D eigenvalue weighted by atomic mass is 10.2. The van der Waals surface area contributed by atoms with Crippen LogP contribution in [0.1, 0.15) is 5.69 Å². The fourth-order valence-electron chi connectivity index (χ4n) is 1.34. The first-order valence-electron chi connectivity index (χ1n) is 3.75. The van der Waals surface area contributed by atoms with Gasteiger partial charge in [-0.1, -0.05) is 0 Å². The number of hydrogen-bond donors (Lipinski definition) is 3. The molecule has 0 saturated carbocycles. The highest BCUT2D eigenvalue weighted by Gasteiger charge is 2.04. The van der Waals surface area contributed by atoms with E-state index in [1.54, 1.807) is 12.1 Å². The van der Waals surface area contributed by atoms with Gasteiger partial charge in [-0.2, -0.15) is 0 Å². The van der Waals surface area contributed by atoms with Crippen LogP contribution in [0.2, 0.25) is 0 Å². The van der Waals surface area contributed by atoms with Crippen molar-refractivity contribution in [1.82, 2.24) is 4.98 Å². The molecule has 0 bridgehead atoms. The largest absolute Gasteiger partial charge is 0.508 e. The average Bonchev–Trinajstić information content (AvgIpc) is 2.31. The second kappa shape index (κ2) is 2.17. The number of phenolic OH excluding ortho intramolecular Hbond substituents is 1. The number of H-pyrrole nitrogens is 1. The number of aromatic amines is 1. The van der Waals surface area contributed by atoms with E-state index in [4.69, 9.17) is 5.73 Å². The zero-order chi connectivity index (χ0) is 8.72. The molecule has 2 aromatic rings. The van der Waals surface area contributed by atoms with Crippen LogP contribution in [0.4, 0.5) is 5.69 Å². The lowest BCUT2D eigenvalue weighted by molar-refractivity contribution is 0.476. The topological polar surface area (TPSA) is 62.0 Å². The Bertz CT molecular complexity index is 431. The SMILES string of the molecule is Cc1[nH]c2ccc(O)cc2c1N. The molecular weight excluding hydrogens is 152 g/mol. The number of anilines is 1. The van der Waals surface area contributed by atoms with Crippen molar-refractivity contribution in [3.8, 4) is 5.75 Å². The third-order valence-corrected chi connectivity index (χ3v) is 2.02. The van der Waals surface area contributed by atoms with Crippen LogP contribution in [0.5, 0.6) is 5.75 Å². The first-order chi connectivity index (χ1) is 5.68. The highest BCUT2D eigenvalue weighted by atomic mass is 16.3. The Labute approximate surface area is 69.8 Å². The van der Waals surface area contributed by atoms with E-state index in [1.165, 1.54) is 0 Å². The van der Waals surface area contributed by atoms with Crippen LogP contribution in [0.25, 0.3) is 10.9 Å². The van der Waals surface area contributed by atoms with Gasteiger partial charge in [0.1, 0.15) is 5.75 Å². The molecule has 62 valence electrons. The summed E-state index contributed by atoms with van der Waals surface area (Å²) in [5.41, 5.74) is 8.38. The van der Waals surface area contributed by atoms with Crippen LogP contribution in [-0.4, -0.2) is 10.1 Å². The molecule has 0 saturated heterocycles. The zero-order valence-electron chi connectivity index (χ0n) is 6.76. The molecule has 0 unspecified atom stereocenters. The normalized spacial score (nSPS) is 10.8. The molecule has 0 radical (unpaired) electrons. The number of fused-ring (bicyclic) bond motifs is 1. The van der Waals surface area contributed by atoms with E-state index < -0.39 is 0 Å². The van der Waals surface area contributed by atoms with E-state index in [-0.39, 0.29) is 5.75 Å². The molecule has 1 aromatic carbocycles. The van der Waals surface area contributed by atoms with Gasteiger partial charge in [-0.05, 0) is 25.1 Å². The number of nitrogens with one attached hydrogen (secondary N) is 1. The van der Waals surface area contributed by atoms with Gasteiger partial charge in [-0.25, -0.2) is 0 Å². The molecule has 0 spiro atoms. The van der Waals surface area contributed by atoms with E-state index in [0.717, 1.165) is 16.6 Å². The van der Waals surface area contributed by atoms with Crippen LogP contribution in [0.15, 0.2) is 18.2 Å². The van der Waals surface area contributed by atoms with Crippen molar-refractivity contribution in [2.45, 2.75) is 6.92 Å². The van der Waals surface area contributed by atoms with Crippen LogP contribution < -0.4 is 5.73 Å². The Hall–Kier alpha value is -1.64. The summed E-state index contributed by atoms with van der Waals surface area (Å²) in [5, 5.41) is 10.1. The van der Waals surface area contributed by atoms with Gasteiger partial charge in [0.25, 0.3) is 0 Å². The number of aryl methyl sites for hydroxylation is 1. The Morgan fingerprint density at radius 2 is 2.17 bits per heavy atom. The van der Waals surface area contributed by atoms with Crippen molar-refractivity contribution in [3.63, 3.8) is 0 Å². The molecule has 0 aliphatic rings. The first-order valence-corrected chi connectivity index (χ1v) is 3.75. The van der Waals surface area contributed by atoms with Gasteiger partial charge in [0.05, 0.1) is 5.69 Å². The molecule has 2 rings (SSSR count). The standard InChI is InChI=1S/C9H10N2O/c1-5-9(10)7-4-6(12)2-3-8(7)11-5/h2-4,11-12H,10H2,1H3. The predicted octanol–water partition coefficient (Wildman–Crippen LogP) is 1.76. The summed E-state index contributed by atoms with van der Waals surface area (Å²) in [5.74, 6) is 0.244. The van der Waals surface area contributed by atoms with Crippen molar-refractivity contribution in [3.05, 3.63) is 23.9 Å². The number of phenols is 1. The predicted molar refractivity (Wildman–Crippen MR) is 49.1 cm³/mol. The molecule has 0 atom stereocenters. The van der Waals surface area contributed by atoms with Gasteiger partial charge in [0.2, 0.25) is 0 Å². The summed E-state index contributed by atoms with van der Waals surface area (Å²) in [6.45, 7) is 1.91. The fraction of sp³-hybridized carbons (Fsp3) is 0.111. The number of nitrogens with two attached hydrogens (primary N) is 1. The highest BCUT2D eigenvalue weighted by molar-refractivity contribution is 5.93. The van der Waals surface area contributed by atoms with Crippen LogP contribution >= 0.6 is 0 Å². The molecular formula is C9H10N2O. The second-order valence-electron chi connectivity index (χ2n) is 2.89. The second-order valence-corrected chi connectivity index (χ2v) is 2.89. The lowest BCUT2D eigenvalue weighted by Crippen LogP contribution is -1.84. The summed E-state index contributed by atoms with van der Waals surface area (Å²) < 4.78 is 0. The minimum atomic E-state index is 0.244. The summed E-state index contributed by atoms with van der Waals surface area (Å²) in [7, 11) is 0. The van der Waals surface area contributed by atoms with E-state index in [2.05, 4.69) is 4.98 Å². The summed E-state index contributed by atoms with van der Waals surface area (Å²) in [4.78, 5) is 3.12. The third-order valence-electron chi connectivity index (χ3n) is 2.02. The van der Waals surface area contributed by atoms with E-state index in [1.807, 2.05) is 13.0 Å². The third kappa shape index (κ3) is 0.830. The summed E-state index contributed by atoms with van der Waals surface area (Å²) >= 11 is 0. The zero-order valence-corrected chi connectivity index (χ0v) is 6.76. The van der Waals surface area contributed by atoms with E-state index in [0.29, 0.717) is 5.69 Å². The van der Waals surface area contributed by atoms with Crippen molar-refractivity contribution < 1.29 is 5.11 Å². The number of nitrogen functional groups attached to an aromatic ring is 1. The molecule has 0 amide bonds. The molecule has 0 fully saturated rings.